The molecule has 0 atom stereocenters. The molecular weight excluding hydrogens is 332 g/mol. The average molecular weight is 350 g/mol. The van der Waals surface area contributed by atoms with Gasteiger partial charge in [-0.15, -0.1) is 10.2 Å². The first-order valence-corrected chi connectivity index (χ1v) is 8.08. The number of hydrogen-bond donors (Lipinski definition) is 2. The van der Waals surface area contributed by atoms with Crippen molar-refractivity contribution in [2.75, 3.05) is 6.54 Å². The third-order valence-electron chi connectivity index (χ3n) is 3.96. The molecule has 0 aliphatic rings. The number of para-hydroxylation sites is 1. The van der Waals surface area contributed by atoms with Crippen molar-refractivity contribution in [1.82, 2.24) is 9.88 Å². The van der Waals surface area contributed by atoms with Gasteiger partial charge in [-0.2, -0.15) is 0 Å². The molecule has 0 saturated carbocycles. The predicted molar refractivity (Wildman–Crippen MR) is 97.3 cm³/mol. The molecule has 0 bridgehead atoms. The molecule has 7 nitrogen and oxygen atoms in total. The standard InChI is InChI=1S/C19H18N4O3/c1-23-15-10-6-5-9-14(15)18(19(23)26)22-21-17(25)12-20-16(24)11-13-7-3-2-4-8-13/h2-10,26H,11-12H2,1H3,(H,20,24). The van der Waals surface area contributed by atoms with Gasteiger partial charge in [-0.1, -0.05) is 48.5 Å². The Bertz CT molecular complexity index is 977. The van der Waals surface area contributed by atoms with Gasteiger partial charge in [0.1, 0.15) is 6.54 Å². The summed E-state index contributed by atoms with van der Waals surface area (Å²) in [6.45, 7) is -0.249. The molecule has 0 unspecified atom stereocenters. The Hall–Kier alpha value is -3.48. The molecule has 1 heterocycles. The van der Waals surface area contributed by atoms with E-state index in [1.54, 1.807) is 17.7 Å². The summed E-state index contributed by atoms with van der Waals surface area (Å²) in [5.41, 5.74) is 1.87. The van der Waals surface area contributed by atoms with Crippen LogP contribution in [0.1, 0.15) is 5.56 Å². The van der Waals surface area contributed by atoms with Gasteiger partial charge in [-0.05, 0) is 11.6 Å². The average Bonchev–Trinajstić information content (AvgIpc) is 2.90. The van der Waals surface area contributed by atoms with Crippen molar-refractivity contribution in [3.8, 4) is 5.88 Å². The van der Waals surface area contributed by atoms with Crippen molar-refractivity contribution in [3.63, 3.8) is 0 Å². The number of carbonyl (C=O) groups is 2. The van der Waals surface area contributed by atoms with Gasteiger partial charge in [0.15, 0.2) is 5.69 Å². The minimum absolute atomic E-state index is 0.0733. The lowest BCUT2D eigenvalue weighted by atomic mass is 10.1. The maximum atomic E-state index is 11.9. The smallest absolute Gasteiger partial charge is 0.283 e. The summed E-state index contributed by atoms with van der Waals surface area (Å²) in [4.78, 5) is 23.7. The van der Waals surface area contributed by atoms with Crippen LogP contribution in [-0.2, 0) is 23.1 Å². The van der Waals surface area contributed by atoms with E-state index in [9.17, 15) is 14.7 Å². The van der Waals surface area contributed by atoms with Crippen LogP contribution >= 0.6 is 0 Å². The number of amides is 2. The second-order valence-electron chi connectivity index (χ2n) is 5.78. The van der Waals surface area contributed by atoms with Gasteiger partial charge in [0.25, 0.3) is 5.91 Å². The Morgan fingerprint density at radius 2 is 1.77 bits per heavy atom. The highest BCUT2D eigenvalue weighted by Crippen LogP contribution is 2.37. The van der Waals surface area contributed by atoms with E-state index in [2.05, 4.69) is 15.5 Å². The Labute approximate surface area is 150 Å². The van der Waals surface area contributed by atoms with Crippen LogP contribution in [0.25, 0.3) is 10.9 Å². The molecule has 0 saturated heterocycles. The van der Waals surface area contributed by atoms with Crippen molar-refractivity contribution >= 4 is 28.4 Å². The maximum Gasteiger partial charge on any atom is 0.283 e. The number of nitrogens with one attached hydrogen (secondary N) is 1. The zero-order valence-electron chi connectivity index (χ0n) is 14.2. The molecule has 7 heteroatoms. The summed E-state index contributed by atoms with van der Waals surface area (Å²) >= 11 is 0. The molecule has 1 aromatic heterocycles. The number of azo groups is 1. The summed E-state index contributed by atoms with van der Waals surface area (Å²) < 4.78 is 1.57. The lowest BCUT2D eigenvalue weighted by Gasteiger charge is -2.02. The van der Waals surface area contributed by atoms with E-state index in [-0.39, 0.29) is 30.4 Å². The van der Waals surface area contributed by atoms with Gasteiger partial charge >= 0.3 is 0 Å². The van der Waals surface area contributed by atoms with Crippen LogP contribution in [0.5, 0.6) is 5.88 Å². The van der Waals surface area contributed by atoms with E-state index < -0.39 is 5.91 Å². The Morgan fingerprint density at radius 3 is 2.54 bits per heavy atom. The van der Waals surface area contributed by atoms with Gasteiger partial charge in [-0.3, -0.25) is 9.59 Å². The largest absolute Gasteiger partial charge is 0.493 e. The molecule has 3 aromatic rings. The fourth-order valence-electron chi connectivity index (χ4n) is 2.62. The predicted octanol–water partition coefficient (Wildman–Crippen LogP) is 2.85. The highest BCUT2D eigenvalue weighted by atomic mass is 16.3. The van der Waals surface area contributed by atoms with Crippen LogP contribution in [0.15, 0.2) is 64.8 Å². The maximum absolute atomic E-state index is 11.9. The normalized spacial score (nSPS) is 11.1. The number of carbonyl (C=O) groups excluding carboxylic acids is 2. The number of benzene rings is 2. The first-order chi connectivity index (χ1) is 12.6. The lowest BCUT2D eigenvalue weighted by Crippen LogP contribution is -2.29. The number of aromatic hydroxyl groups is 1. The molecule has 26 heavy (non-hydrogen) atoms. The molecule has 0 aliphatic heterocycles. The van der Waals surface area contributed by atoms with Crippen LogP contribution in [0.3, 0.4) is 0 Å². The van der Waals surface area contributed by atoms with Gasteiger partial charge in [0.05, 0.1) is 11.9 Å². The van der Waals surface area contributed by atoms with E-state index in [0.29, 0.717) is 5.39 Å². The molecule has 0 spiro atoms. The molecule has 2 N–H and O–H groups in total. The molecule has 3 rings (SSSR count). The highest BCUT2D eigenvalue weighted by Gasteiger charge is 2.14. The van der Waals surface area contributed by atoms with E-state index in [4.69, 9.17) is 0 Å². The van der Waals surface area contributed by atoms with Gasteiger partial charge in [0.2, 0.25) is 11.8 Å². The van der Waals surface area contributed by atoms with E-state index in [1.807, 2.05) is 48.5 Å². The highest BCUT2D eigenvalue weighted by molar-refractivity contribution is 5.95. The molecule has 2 aromatic carbocycles. The van der Waals surface area contributed by atoms with Crippen LogP contribution in [0.4, 0.5) is 5.69 Å². The van der Waals surface area contributed by atoms with Crippen LogP contribution in [0, 0.1) is 0 Å². The van der Waals surface area contributed by atoms with E-state index >= 15 is 0 Å². The number of fused-ring (bicyclic) bond motifs is 1. The molecule has 0 fully saturated rings. The second kappa shape index (κ2) is 7.60. The summed E-state index contributed by atoms with van der Waals surface area (Å²) in [5.74, 6) is -0.942. The summed E-state index contributed by atoms with van der Waals surface area (Å²) in [5, 5.41) is 20.8. The van der Waals surface area contributed by atoms with Gasteiger partial charge in [-0.25, -0.2) is 0 Å². The summed E-state index contributed by atoms with van der Waals surface area (Å²) in [7, 11) is 1.70. The molecular formula is C19H18N4O3. The van der Waals surface area contributed by atoms with Crippen molar-refractivity contribution in [3.05, 3.63) is 60.2 Å². The quantitative estimate of drug-likeness (QED) is 0.693. The van der Waals surface area contributed by atoms with E-state index in [1.165, 1.54) is 0 Å². The SMILES string of the molecule is Cn1c(O)c(N=NC(=O)CNC(=O)Cc2ccccc2)c2ccccc21. The molecule has 0 aliphatic carbocycles. The van der Waals surface area contributed by atoms with E-state index in [0.717, 1.165) is 11.1 Å². The minimum Gasteiger partial charge on any atom is -0.493 e. The molecule has 2 amide bonds. The summed E-state index contributed by atoms with van der Waals surface area (Å²) in [6.07, 6.45) is 0.190. The van der Waals surface area contributed by atoms with Crippen LogP contribution in [-0.4, -0.2) is 28.0 Å². The topological polar surface area (TPSA) is 96.0 Å². The molecule has 132 valence electrons. The second-order valence-corrected chi connectivity index (χ2v) is 5.78. The summed E-state index contributed by atoms with van der Waals surface area (Å²) in [6, 6.07) is 16.5. The van der Waals surface area contributed by atoms with Crippen molar-refractivity contribution in [2.24, 2.45) is 17.3 Å². The zero-order valence-corrected chi connectivity index (χ0v) is 14.2. The Morgan fingerprint density at radius 1 is 1.08 bits per heavy atom. The number of aromatic nitrogens is 1. The zero-order chi connectivity index (χ0) is 18.5. The van der Waals surface area contributed by atoms with Crippen molar-refractivity contribution in [1.29, 1.82) is 0 Å². The van der Waals surface area contributed by atoms with Crippen molar-refractivity contribution < 1.29 is 14.7 Å². The van der Waals surface area contributed by atoms with Crippen LogP contribution in [0.2, 0.25) is 0 Å². The fraction of sp³-hybridized carbons (Fsp3) is 0.158. The third-order valence-corrected chi connectivity index (χ3v) is 3.96. The van der Waals surface area contributed by atoms with Crippen molar-refractivity contribution in [2.45, 2.75) is 6.42 Å². The number of rotatable bonds is 5. The first-order valence-electron chi connectivity index (χ1n) is 8.08. The molecule has 0 radical (unpaired) electrons. The minimum atomic E-state index is -0.598. The van der Waals surface area contributed by atoms with Gasteiger partial charge in [0, 0.05) is 12.4 Å². The number of aryl methyl sites for hydroxylation is 1. The third kappa shape index (κ3) is 3.77. The number of hydrogen-bond acceptors (Lipinski definition) is 4. The first kappa shape index (κ1) is 17.3. The monoisotopic (exact) mass is 350 g/mol. The Kier molecular flexibility index (Phi) is 5.07. The Balaban J connectivity index is 1.62. The lowest BCUT2D eigenvalue weighted by molar-refractivity contribution is -0.124. The van der Waals surface area contributed by atoms with Crippen LogP contribution < -0.4 is 5.32 Å². The fourth-order valence-corrected chi connectivity index (χ4v) is 2.62. The number of nitrogens with zero attached hydrogens (tertiary/aromatic N) is 3. The van der Waals surface area contributed by atoms with Gasteiger partial charge < -0.3 is 15.0 Å².